The average Bonchev–Trinajstić information content (AvgIpc) is 2.33. The Hall–Kier alpha value is -1.42. The van der Waals surface area contributed by atoms with Gasteiger partial charge in [-0.2, -0.15) is 0 Å². The lowest BCUT2D eigenvalue weighted by molar-refractivity contribution is -0.0163. The summed E-state index contributed by atoms with van der Waals surface area (Å²) in [5.41, 5.74) is 0.328. The topological polar surface area (TPSA) is 48.4 Å². The molecule has 0 spiro atoms. The molecule has 4 nitrogen and oxygen atoms in total. The molecule has 0 atom stereocenters. The highest BCUT2D eigenvalue weighted by atomic mass is 16.5. The zero-order valence-electron chi connectivity index (χ0n) is 11.5. The number of carbonyl (C=O) groups is 1. The predicted octanol–water partition coefficient (Wildman–Crippen LogP) is 2.87. The highest BCUT2D eigenvalue weighted by Gasteiger charge is 2.09. The molecule has 100 valence electrons. The zero-order valence-corrected chi connectivity index (χ0v) is 11.5. The van der Waals surface area contributed by atoms with E-state index in [0.29, 0.717) is 31.1 Å². The molecule has 1 rings (SSSR count). The molecule has 4 heteroatoms. The van der Waals surface area contributed by atoms with Gasteiger partial charge in [-0.3, -0.25) is 4.79 Å². The van der Waals surface area contributed by atoms with Gasteiger partial charge in [0.15, 0.2) is 5.78 Å². The number of hydrogen-bond donors (Lipinski definition) is 0. The molecule has 0 radical (unpaired) electrons. The van der Waals surface area contributed by atoms with E-state index in [1.54, 1.807) is 18.3 Å². The van der Waals surface area contributed by atoms with E-state index >= 15 is 0 Å². The third-order valence-electron chi connectivity index (χ3n) is 2.23. The standard InChI is InChI=1S/C14H21NO3/c1-5-13(16)12-7-6-11(10-15-12)17-8-9-18-14(2,3)4/h6-7,10H,5,8-9H2,1-4H3. The van der Waals surface area contributed by atoms with Crippen molar-refractivity contribution in [2.45, 2.75) is 39.7 Å². The number of aromatic nitrogens is 1. The van der Waals surface area contributed by atoms with Crippen molar-refractivity contribution < 1.29 is 14.3 Å². The summed E-state index contributed by atoms with van der Waals surface area (Å²) < 4.78 is 11.0. The Morgan fingerprint density at radius 3 is 2.50 bits per heavy atom. The number of Topliss-reactive ketones (excluding diaryl/α,β-unsaturated/α-hetero) is 1. The summed E-state index contributed by atoms with van der Waals surface area (Å²) in [6, 6.07) is 3.44. The van der Waals surface area contributed by atoms with Crippen LogP contribution < -0.4 is 4.74 Å². The number of nitrogens with zero attached hydrogens (tertiary/aromatic N) is 1. The Bertz CT molecular complexity index is 379. The molecule has 0 amide bonds. The van der Waals surface area contributed by atoms with Crippen LogP contribution in [-0.4, -0.2) is 29.6 Å². The summed E-state index contributed by atoms with van der Waals surface area (Å²) in [7, 11) is 0. The van der Waals surface area contributed by atoms with Crippen LogP contribution in [0.15, 0.2) is 18.3 Å². The maximum absolute atomic E-state index is 11.4. The molecule has 18 heavy (non-hydrogen) atoms. The summed E-state index contributed by atoms with van der Waals surface area (Å²) in [4.78, 5) is 15.4. The minimum atomic E-state index is -0.154. The van der Waals surface area contributed by atoms with Crippen LogP contribution in [0.1, 0.15) is 44.6 Å². The quantitative estimate of drug-likeness (QED) is 0.576. The number of carbonyl (C=O) groups excluding carboxylic acids is 1. The molecule has 0 unspecified atom stereocenters. The predicted molar refractivity (Wildman–Crippen MR) is 70.1 cm³/mol. The second-order valence-corrected chi connectivity index (χ2v) is 4.97. The molecule has 1 aromatic heterocycles. The SMILES string of the molecule is CCC(=O)c1ccc(OCCOC(C)(C)C)cn1. The average molecular weight is 251 g/mol. The van der Waals surface area contributed by atoms with Crippen molar-refractivity contribution in [2.75, 3.05) is 13.2 Å². The van der Waals surface area contributed by atoms with Gasteiger partial charge in [0.2, 0.25) is 0 Å². The van der Waals surface area contributed by atoms with Gasteiger partial charge in [-0.15, -0.1) is 0 Å². The third-order valence-corrected chi connectivity index (χ3v) is 2.23. The molecule has 0 bridgehead atoms. The van der Waals surface area contributed by atoms with Gasteiger partial charge >= 0.3 is 0 Å². The first-order valence-electron chi connectivity index (χ1n) is 6.18. The maximum atomic E-state index is 11.4. The Kier molecular flexibility index (Phi) is 5.28. The van der Waals surface area contributed by atoms with E-state index in [0.717, 1.165) is 0 Å². The molecule has 0 fully saturated rings. The first kappa shape index (κ1) is 14.6. The van der Waals surface area contributed by atoms with E-state index in [9.17, 15) is 4.79 Å². The van der Waals surface area contributed by atoms with Crippen molar-refractivity contribution in [1.82, 2.24) is 4.98 Å². The van der Waals surface area contributed by atoms with E-state index in [-0.39, 0.29) is 11.4 Å². The van der Waals surface area contributed by atoms with Crippen molar-refractivity contribution in [3.05, 3.63) is 24.0 Å². The van der Waals surface area contributed by atoms with Crippen molar-refractivity contribution in [1.29, 1.82) is 0 Å². The van der Waals surface area contributed by atoms with Gasteiger partial charge in [-0.05, 0) is 32.9 Å². The first-order valence-corrected chi connectivity index (χ1v) is 6.18. The van der Waals surface area contributed by atoms with E-state index in [1.807, 2.05) is 27.7 Å². The van der Waals surface area contributed by atoms with Crippen LogP contribution >= 0.6 is 0 Å². The number of hydrogen-bond acceptors (Lipinski definition) is 4. The normalized spacial score (nSPS) is 11.3. The van der Waals surface area contributed by atoms with Gasteiger partial charge < -0.3 is 9.47 Å². The Morgan fingerprint density at radius 2 is 2.00 bits per heavy atom. The molecule has 0 aliphatic carbocycles. The van der Waals surface area contributed by atoms with E-state index in [2.05, 4.69) is 4.98 Å². The molecule has 0 saturated carbocycles. The van der Waals surface area contributed by atoms with Crippen molar-refractivity contribution in [2.24, 2.45) is 0 Å². The summed E-state index contributed by atoms with van der Waals surface area (Å²) in [6.07, 6.45) is 2.03. The number of pyridine rings is 1. The van der Waals surface area contributed by atoms with Crippen molar-refractivity contribution in [3.8, 4) is 5.75 Å². The van der Waals surface area contributed by atoms with E-state index in [4.69, 9.17) is 9.47 Å². The molecule has 1 heterocycles. The van der Waals surface area contributed by atoms with Crippen LogP contribution in [0, 0.1) is 0 Å². The van der Waals surface area contributed by atoms with Crippen LogP contribution in [-0.2, 0) is 4.74 Å². The van der Waals surface area contributed by atoms with Gasteiger partial charge in [0.1, 0.15) is 18.1 Å². The molecule has 1 aromatic rings. The fraction of sp³-hybridized carbons (Fsp3) is 0.571. The minimum absolute atomic E-state index is 0.0395. The summed E-state index contributed by atoms with van der Waals surface area (Å²) in [5.74, 6) is 0.692. The smallest absolute Gasteiger partial charge is 0.180 e. The number of ether oxygens (including phenoxy) is 2. The second kappa shape index (κ2) is 6.50. The number of ketones is 1. The van der Waals surface area contributed by atoms with Gasteiger partial charge in [-0.25, -0.2) is 4.98 Å². The molecule has 0 saturated heterocycles. The largest absolute Gasteiger partial charge is 0.490 e. The van der Waals surface area contributed by atoms with Crippen LogP contribution in [0.4, 0.5) is 0 Å². The van der Waals surface area contributed by atoms with Gasteiger partial charge in [0.05, 0.1) is 18.4 Å². The summed E-state index contributed by atoms with van der Waals surface area (Å²) in [6.45, 7) is 8.82. The lowest BCUT2D eigenvalue weighted by Crippen LogP contribution is -2.22. The lowest BCUT2D eigenvalue weighted by atomic mass is 10.2. The Balaban J connectivity index is 2.38. The van der Waals surface area contributed by atoms with Crippen LogP contribution in [0.2, 0.25) is 0 Å². The molecule has 0 aromatic carbocycles. The fourth-order valence-corrected chi connectivity index (χ4v) is 1.32. The third kappa shape index (κ3) is 5.27. The van der Waals surface area contributed by atoms with E-state index < -0.39 is 0 Å². The second-order valence-electron chi connectivity index (χ2n) is 4.97. The highest BCUT2D eigenvalue weighted by molar-refractivity contribution is 5.93. The van der Waals surface area contributed by atoms with Crippen LogP contribution in [0.5, 0.6) is 5.75 Å². The first-order chi connectivity index (χ1) is 8.42. The van der Waals surface area contributed by atoms with Crippen LogP contribution in [0.3, 0.4) is 0 Å². The maximum Gasteiger partial charge on any atom is 0.180 e. The molecular formula is C14H21NO3. The van der Waals surface area contributed by atoms with Crippen molar-refractivity contribution >= 4 is 5.78 Å². The molecule has 0 aliphatic rings. The Morgan fingerprint density at radius 1 is 1.28 bits per heavy atom. The van der Waals surface area contributed by atoms with Gasteiger partial charge in [-0.1, -0.05) is 6.92 Å². The van der Waals surface area contributed by atoms with Crippen molar-refractivity contribution in [3.63, 3.8) is 0 Å². The monoisotopic (exact) mass is 251 g/mol. The summed E-state index contributed by atoms with van der Waals surface area (Å²) >= 11 is 0. The van der Waals surface area contributed by atoms with Crippen LogP contribution in [0.25, 0.3) is 0 Å². The lowest BCUT2D eigenvalue weighted by Gasteiger charge is -2.19. The zero-order chi connectivity index (χ0) is 13.6. The molecular weight excluding hydrogens is 230 g/mol. The Labute approximate surface area is 108 Å². The molecule has 0 aliphatic heterocycles. The van der Waals surface area contributed by atoms with Gasteiger partial charge in [0.25, 0.3) is 0 Å². The minimum Gasteiger partial charge on any atom is -0.490 e. The fourth-order valence-electron chi connectivity index (χ4n) is 1.32. The van der Waals surface area contributed by atoms with Gasteiger partial charge in [0, 0.05) is 6.42 Å². The summed E-state index contributed by atoms with van der Waals surface area (Å²) in [5, 5.41) is 0. The molecule has 0 N–H and O–H groups in total. The number of rotatable bonds is 6. The highest BCUT2D eigenvalue weighted by Crippen LogP contribution is 2.11. The van der Waals surface area contributed by atoms with E-state index in [1.165, 1.54) is 0 Å².